The molecule has 1 unspecified atom stereocenters. The SMILES string of the molecule is CC(C)N1CCCCC1C(=O)N[C@H](C(=O)C[C@H](C(=O)N1C[C@]2(C[C@H]1C(=O)C[C@]1(C(=O)NS(=O)(=O)C3CC3)CC=CCC1)C(C)(C)C21CCC1)C(C)(C)C)C(C)(C)C. The van der Waals surface area contributed by atoms with Gasteiger partial charge < -0.3 is 10.2 Å². The Morgan fingerprint density at radius 1 is 0.842 bits per heavy atom. The van der Waals surface area contributed by atoms with Crippen molar-refractivity contribution >= 4 is 39.3 Å². The molecule has 0 aromatic rings. The van der Waals surface area contributed by atoms with E-state index >= 15 is 4.79 Å². The maximum Gasteiger partial charge on any atom is 0.240 e. The largest absolute Gasteiger partial charge is 0.344 e. The summed E-state index contributed by atoms with van der Waals surface area (Å²) in [4.78, 5) is 76.6. The quantitative estimate of drug-likeness (QED) is 0.201. The lowest BCUT2D eigenvalue weighted by Crippen LogP contribution is -2.58. The van der Waals surface area contributed by atoms with Gasteiger partial charge in [-0.1, -0.05) is 80.4 Å². The number of carbonyl (C=O) groups is 5. The van der Waals surface area contributed by atoms with Gasteiger partial charge in [0.1, 0.15) is 0 Å². The lowest BCUT2D eigenvalue weighted by Gasteiger charge is -2.40. The number of allylic oxidation sites excluding steroid dienone is 2. The Bertz CT molecular complexity index is 1760. The number of carbonyl (C=O) groups excluding carboxylic acids is 5. The minimum atomic E-state index is -3.83. The van der Waals surface area contributed by atoms with Crippen molar-refractivity contribution < 1.29 is 32.4 Å². The zero-order valence-electron chi connectivity index (χ0n) is 36.6. The number of hydrogen-bond donors (Lipinski definition) is 2. The maximum atomic E-state index is 15.3. The van der Waals surface area contributed by atoms with Crippen molar-refractivity contribution in [3.05, 3.63) is 12.2 Å². The molecule has 57 heavy (non-hydrogen) atoms. The van der Waals surface area contributed by atoms with Crippen LogP contribution in [0, 0.1) is 38.4 Å². The predicted molar refractivity (Wildman–Crippen MR) is 221 cm³/mol. The molecule has 2 saturated heterocycles. The normalized spacial score (nSPS) is 30.8. The van der Waals surface area contributed by atoms with E-state index in [0.29, 0.717) is 38.6 Å². The third-order valence-corrected chi connectivity index (χ3v) is 17.7. The van der Waals surface area contributed by atoms with Crippen LogP contribution in [-0.4, -0.2) is 90.0 Å². The van der Waals surface area contributed by atoms with Gasteiger partial charge in [-0.3, -0.25) is 33.6 Å². The highest BCUT2D eigenvalue weighted by molar-refractivity contribution is 7.90. The summed E-state index contributed by atoms with van der Waals surface area (Å²) in [6.45, 7) is 21.7. The van der Waals surface area contributed by atoms with E-state index in [1.165, 1.54) is 0 Å². The number of piperidine rings is 1. The maximum absolute atomic E-state index is 15.3. The molecule has 2 aliphatic heterocycles. The van der Waals surface area contributed by atoms with Crippen LogP contribution in [0.2, 0.25) is 0 Å². The van der Waals surface area contributed by atoms with E-state index < -0.39 is 55.4 Å². The second-order valence-corrected chi connectivity index (χ2v) is 23.8. The first-order chi connectivity index (χ1) is 26.3. The van der Waals surface area contributed by atoms with Crippen LogP contribution in [0.3, 0.4) is 0 Å². The van der Waals surface area contributed by atoms with E-state index in [1.54, 1.807) is 4.90 Å². The third kappa shape index (κ3) is 7.81. The number of sulfonamides is 1. The summed E-state index contributed by atoms with van der Waals surface area (Å²) < 4.78 is 28.3. The van der Waals surface area contributed by atoms with Crippen LogP contribution in [0.15, 0.2) is 12.2 Å². The molecule has 6 atom stereocenters. The van der Waals surface area contributed by atoms with Gasteiger partial charge in [0, 0.05) is 36.8 Å². The number of likely N-dealkylation sites (tertiary alicyclic amines) is 2. The third-order valence-electron chi connectivity index (χ3n) is 15.9. The van der Waals surface area contributed by atoms with E-state index in [9.17, 15) is 27.6 Å². The van der Waals surface area contributed by atoms with Gasteiger partial charge >= 0.3 is 0 Å². The van der Waals surface area contributed by atoms with Gasteiger partial charge in [0.25, 0.3) is 0 Å². The standard InChI is InChI=1S/C45H72N4O7S/c1-29(2)48-24-15-12-17-32(48)37(52)46-36(41(6,7)8)34(50)25-31(40(3,4)5)38(53)49-28-45(42(9,10)44(45)22-16-23-44)26-33(49)35(51)27-43(20-13-11-14-21-43)39(54)47-57(55,56)30-18-19-30/h11,13,29-33,36H,12,14-28H2,1-10H3,(H,46,52)(H,47,54)/t31-,32?,33+,36-,43+,45-/m1/s1. The highest BCUT2D eigenvalue weighted by Gasteiger charge is 2.85. The fraction of sp³-hybridized carbons (Fsp3) is 0.844. The Morgan fingerprint density at radius 3 is 2.02 bits per heavy atom. The van der Waals surface area contributed by atoms with Crippen LogP contribution in [0.5, 0.6) is 0 Å². The van der Waals surface area contributed by atoms with E-state index in [1.807, 2.05) is 53.7 Å². The van der Waals surface area contributed by atoms with Gasteiger partial charge in [-0.25, -0.2) is 8.42 Å². The summed E-state index contributed by atoms with van der Waals surface area (Å²) >= 11 is 0. The number of ketones is 2. The molecular weight excluding hydrogens is 741 g/mol. The zero-order valence-corrected chi connectivity index (χ0v) is 37.4. The molecule has 6 rings (SSSR count). The fourth-order valence-corrected chi connectivity index (χ4v) is 13.2. The molecular formula is C45H72N4O7S. The molecule has 2 heterocycles. The molecule has 6 aliphatic rings. The van der Waals surface area contributed by atoms with E-state index in [-0.39, 0.29) is 71.0 Å². The molecule has 11 nitrogen and oxygen atoms in total. The topological polar surface area (TPSA) is 150 Å². The van der Waals surface area contributed by atoms with Crippen LogP contribution in [0.1, 0.15) is 159 Å². The molecule has 2 spiro atoms. The Labute approximate surface area is 342 Å². The van der Waals surface area contributed by atoms with E-state index in [0.717, 1.165) is 45.1 Å². The van der Waals surface area contributed by atoms with Crippen molar-refractivity contribution in [1.82, 2.24) is 19.8 Å². The lowest BCUT2D eigenvalue weighted by atomic mass is 9.71. The summed E-state index contributed by atoms with van der Waals surface area (Å²) in [6.07, 6.45) is 12.2. The average Bonchev–Trinajstić information content (AvgIpc) is 3.97. The second kappa shape index (κ2) is 15.1. The molecule has 5 fully saturated rings. The van der Waals surface area contributed by atoms with Gasteiger partial charge in [0.2, 0.25) is 27.7 Å². The first kappa shape index (κ1) is 44.0. The minimum Gasteiger partial charge on any atom is -0.344 e. The first-order valence-electron chi connectivity index (χ1n) is 22.0. The molecule has 4 aliphatic carbocycles. The van der Waals surface area contributed by atoms with E-state index in [4.69, 9.17) is 0 Å². The molecule has 0 bridgehead atoms. The number of fused-ring (bicyclic) bond motifs is 1. The second-order valence-electron chi connectivity index (χ2n) is 21.9. The van der Waals surface area contributed by atoms with Crippen molar-refractivity contribution in [3.8, 4) is 0 Å². The summed E-state index contributed by atoms with van der Waals surface area (Å²) in [6, 6.07) is -1.73. The summed E-state index contributed by atoms with van der Waals surface area (Å²) in [5.41, 5.74) is -2.82. The fourth-order valence-electron chi connectivity index (χ4n) is 11.8. The Kier molecular flexibility index (Phi) is 11.7. The van der Waals surface area contributed by atoms with Gasteiger partial charge in [0.15, 0.2) is 11.6 Å². The first-order valence-corrected chi connectivity index (χ1v) is 23.5. The monoisotopic (exact) mass is 813 g/mol. The van der Waals surface area contributed by atoms with Crippen LogP contribution in [-0.2, 0) is 34.0 Å². The Balaban J connectivity index is 1.28. The summed E-state index contributed by atoms with van der Waals surface area (Å²) in [5.74, 6) is -2.19. The van der Waals surface area contributed by atoms with Crippen LogP contribution < -0.4 is 10.0 Å². The molecule has 2 N–H and O–H groups in total. The lowest BCUT2D eigenvalue weighted by molar-refractivity contribution is -0.147. The van der Waals surface area contributed by atoms with Crippen molar-refractivity contribution in [2.75, 3.05) is 13.1 Å². The number of nitrogens with one attached hydrogen (secondary N) is 2. The van der Waals surface area contributed by atoms with Gasteiger partial charge in [-0.15, -0.1) is 0 Å². The molecule has 320 valence electrons. The van der Waals surface area contributed by atoms with Crippen molar-refractivity contribution in [2.45, 2.75) is 189 Å². The number of Topliss-reactive ketones (excluding diaryl/α,β-unsaturated/α-hetero) is 2. The van der Waals surface area contributed by atoms with Crippen LogP contribution in [0.25, 0.3) is 0 Å². The number of hydrogen-bond acceptors (Lipinski definition) is 8. The van der Waals surface area contributed by atoms with Crippen LogP contribution in [0.4, 0.5) is 0 Å². The number of rotatable bonds is 13. The Hall–Kier alpha value is -2.60. The highest BCUT2D eigenvalue weighted by Crippen LogP contribution is 2.88. The Morgan fingerprint density at radius 2 is 1.51 bits per heavy atom. The summed E-state index contributed by atoms with van der Waals surface area (Å²) in [5, 5.41) is 2.58. The molecule has 0 aromatic heterocycles. The van der Waals surface area contributed by atoms with Gasteiger partial charge in [-0.05, 0) is 106 Å². The predicted octanol–water partition coefficient (Wildman–Crippen LogP) is 6.49. The number of amides is 3. The summed E-state index contributed by atoms with van der Waals surface area (Å²) in [7, 11) is -3.83. The van der Waals surface area contributed by atoms with Gasteiger partial charge in [-0.2, -0.15) is 0 Å². The van der Waals surface area contributed by atoms with Crippen molar-refractivity contribution in [1.29, 1.82) is 0 Å². The average molecular weight is 813 g/mol. The molecule has 3 saturated carbocycles. The smallest absolute Gasteiger partial charge is 0.240 e. The molecule has 3 amide bonds. The zero-order chi connectivity index (χ0) is 42.1. The molecule has 0 radical (unpaired) electrons. The van der Waals surface area contributed by atoms with Crippen molar-refractivity contribution in [3.63, 3.8) is 0 Å². The van der Waals surface area contributed by atoms with Gasteiger partial charge in [0.05, 0.1) is 28.8 Å². The van der Waals surface area contributed by atoms with Crippen LogP contribution >= 0.6 is 0 Å². The molecule has 12 heteroatoms. The minimum absolute atomic E-state index is 0.0339. The number of nitrogens with zero attached hydrogens (tertiary/aromatic N) is 2. The van der Waals surface area contributed by atoms with Crippen molar-refractivity contribution in [2.24, 2.45) is 38.4 Å². The molecule has 0 aromatic carbocycles. The van der Waals surface area contributed by atoms with E-state index in [2.05, 4.69) is 42.6 Å². The highest BCUT2D eigenvalue weighted by atomic mass is 32.2.